The summed E-state index contributed by atoms with van der Waals surface area (Å²) in [6.45, 7) is 1.63. The van der Waals surface area contributed by atoms with Crippen LogP contribution in [-0.2, 0) is 11.8 Å². The number of aryl methyl sites for hydroxylation is 2. The maximum absolute atomic E-state index is 12.3. The van der Waals surface area contributed by atoms with E-state index < -0.39 is 11.8 Å². The minimum Gasteiger partial charge on any atom is -0.350 e. The lowest BCUT2D eigenvalue weighted by Crippen LogP contribution is -2.46. The first-order valence-electron chi connectivity index (χ1n) is 8.44. The van der Waals surface area contributed by atoms with Crippen molar-refractivity contribution in [3.8, 4) is 0 Å². The quantitative estimate of drug-likeness (QED) is 0.615. The lowest BCUT2D eigenvalue weighted by molar-refractivity contribution is -0.120. The number of para-hydroxylation sites is 1. The average molecular weight is 364 g/mol. The molecule has 0 aliphatic heterocycles. The molecule has 0 saturated heterocycles. The van der Waals surface area contributed by atoms with E-state index in [-0.39, 0.29) is 12.5 Å². The Bertz CT molecular complexity index is 1020. The molecule has 138 valence electrons. The van der Waals surface area contributed by atoms with Crippen LogP contribution in [0.15, 0.2) is 54.7 Å². The van der Waals surface area contributed by atoms with E-state index in [2.05, 4.69) is 16.2 Å². The third-order valence-electron chi connectivity index (χ3n) is 4.15. The molecule has 1 aromatic heterocycles. The van der Waals surface area contributed by atoms with Gasteiger partial charge in [-0.05, 0) is 25.1 Å². The molecule has 27 heavy (non-hydrogen) atoms. The third-order valence-corrected chi connectivity index (χ3v) is 4.15. The number of nitrogens with zero attached hydrogens (tertiary/aromatic N) is 1. The number of benzene rings is 2. The van der Waals surface area contributed by atoms with Crippen molar-refractivity contribution in [2.24, 2.45) is 7.05 Å². The second kappa shape index (κ2) is 7.74. The van der Waals surface area contributed by atoms with Gasteiger partial charge in [-0.15, -0.1) is 0 Å². The van der Waals surface area contributed by atoms with Crippen LogP contribution < -0.4 is 16.2 Å². The minimum absolute atomic E-state index is 0.247. The Morgan fingerprint density at radius 2 is 1.74 bits per heavy atom. The summed E-state index contributed by atoms with van der Waals surface area (Å²) in [7, 11) is 1.85. The SMILES string of the molecule is Cc1cccc(C(=O)NCC(=O)NNC(=O)c2cn(C)c3ccccc23)c1. The van der Waals surface area contributed by atoms with Gasteiger partial charge in [0, 0.05) is 29.7 Å². The summed E-state index contributed by atoms with van der Waals surface area (Å²) in [6.07, 6.45) is 1.70. The molecule has 3 rings (SSSR count). The van der Waals surface area contributed by atoms with Gasteiger partial charge in [0.1, 0.15) is 0 Å². The molecule has 7 heteroatoms. The van der Waals surface area contributed by atoms with E-state index in [0.29, 0.717) is 11.1 Å². The second-order valence-electron chi connectivity index (χ2n) is 6.23. The van der Waals surface area contributed by atoms with Crippen LogP contribution in [0.4, 0.5) is 0 Å². The summed E-state index contributed by atoms with van der Waals surface area (Å²) >= 11 is 0. The van der Waals surface area contributed by atoms with Gasteiger partial charge in [-0.3, -0.25) is 25.2 Å². The van der Waals surface area contributed by atoms with Crippen LogP contribution >= 0.6 is 0 Å². The van der Waals surface area contributed by atoms with Crippen molar-refractivity contribution < 1.29 is 14.4 Å². The molecular weight excluding hydrogens is 344 g/mol. The fourth-order valence-electron chi connectivity index (χ4n) is 2.81. The van der Waals surface area contributed by atoms with E-state index in [9.17, 15) is 14.4 Å². The number of aromatic nitrogens is 1. The number of carbonyl (C=O) groups excluding carboxylic acids is 3. The highest BCUT2D eigenvalue weighted by atomic mass is 16.2. The first kappa shape index (κ1) is 18.2. The number of carbonyl (C=O) groups is 3. The zero-order chi connectivity index (χ0) is 19.4. The van der Waals surface area contributed by atoms with E-state index >= 15 is 0 Å². The molecule has 0 aliphatic carbocycles. The highest BCUT2D eigenvalue weighted by Gasteiger charge is 2.14. The summed E-state index contributed by atoms with van der Waals surface area (Å²) in [4.78, 5) is 36.3. The summed E-state index contributed by atoms with van der Waals surface area (Å²) in [5.41, 5.74) is 7.48. The summed E-state index contributed by atoms with van der Waals surface area (Å²) < 4.78 is 1.84. The molecule has 7 nitrogen and oxygen atoms in total. The highest BCUT2D eigenvalue weighted by molar-refractivity contribution is 6.07. The number of nitrogens with one attached hydrogen (secondary N) is 3. The van der Waals surface area contributed by atoms with Crippen molar-refractivity contribution in [2.45, 2.75) is 6.92 Å². The third kappa shape index (κ3) is 4.14. The fraction of sp³-hybridized carbons (Fsp3) is 0.150. The molecule has 3 aromatic rings. The van der Waals surface area contributed by atoms with E-state index in [4.69, 9.17) is 0 Å². The van der Waals surface area contributed by atoms with Crippen LogP contribution in [0.3, 0.4) is 0 Å². The number of hydrogen-bond donors (Lipinski definition) is 3. The van der Waals surface area contributed by atoms with Crippen LogP contribution in [0.5, 0.6) is 0 Å². The number of hydrogen-bond acceptors (Lipinski definition) is 3. The Hall–Kier alpha value is -3.61. The van der Waals surface area contributed by atoms with Gasteiger partial charge in [0.2, 0.25) is 0 Å². The molecule has 0 radical (unpaired) electrons. The molecular formula is C20H20N4O3. The topological polar surface area (TPSA) is 92.2 Å². The maximum Gasteiger partial charge on any atom is 0.271 e. The van der Waals surface area contributed by atoms with Crippen LogP contribution in [0.2, 0.25) is 0 Å². The first-order chi connectivity index (χ1) is 13.0. The van der Waals surface area contributed by atoms with Crippen molar-refractivity contribution in [3.63, 3.8) is 0 Å². The number of amides is 3. The Balaban J connectivity index is 1.54. The molecule has 2 aromatic carbocycles. The zero-order valence-corrected chi connectivity index (χ0v) is 15.1. The Morgan fingerprint density at radius 1 is 0.963 bits per heavy atom. The average Bonchev–Trinajstić information content (AvgIpc) is 3.01. The molecule has 1 heterocycles. The van der Waals surface area contributed by atoms with Gasteiger partial charge in [0.05, 0.1) is 12.1 Å². The Morgan fingerprint density at radius 3 is 2.52 bits per heavy atom. The molecule has 0 fully saturated rings. The summed E-state index contributed by atoms with van der Waals surface area (Å²) in [5.74, 6) is -1.30. The summed E-state index contributed by atoms with van der Waals surface area (Å²) in [6, 6.07) is 14.5. The summed E-state index contributed by atoms with van der Waals surface area (Å²) in [5, 5.41) is 3.31. The number of fused-ring (bicyclic) bond motifs is 1. The maximum atomic E-state index is 12.3. The smallest absolute Gasteiger partial charge is 0.271 e. The lowest BCUT2D eigenvalue weighted by atomic mass is 10.1. The molecule has 0 saturated carbocycles. The van der Waals surface area contributed by atoms with Gasteiger partial charge in [-0.2, -0.15) is 0 Å². The zero-order valence-electron chi connectivity index (χ0n) is 15.1. The minimum atomic E-state index is -0.524. The molecule has 0 bridgehead atoms. The molecule has 0 atom stereocenters. The Kier molecular flexibility index (Phi) is 5.21. The van der Waals surface area contributed by atoms with E-state index in [1.807, 2.05) is 48.9 Å². The van der Waals surface area contributed by atoms with Crippen LogP contribution in [-0.4, -0.2) is 28.8 Å². The normalized spacial score (nSPS) is 10.4. The largest absolute Gasteiger partial charge is 0.350 e. The van der Waals surface area contributed by atoms with Crippen molar-refractivity contribution in [1.29, 1.82) is 0 Å². The van der Waals surface area contributed by atoms with Gasteiger partial charge in [-0.25, -0.2) is 0 Å². The van der Waals surface area contributed by atoms with E-state index in [1.54, 1.807) is 24.4 Å². The molecule has 0 unspecified atom stereocenters. The number of hydrazine groups is 1. The predicted molar refractivity (Wildman–Crippen MR) is 102 cm³/mol. The van der Waals surface area contributed by atoms with Crippen molar-refractivity contribution in [3.05, 3.63) is 71.4 Å². The van der Waals surface area contributed by atoms with Crippen LogP contribution in [0, 0.1) is 6.92 Å². The van der Waals surface area contributed by atoms with Gasteiger partial charge < -0.3 is 9.88 Å². The molecule has 0 spiro atoms. The van der Waals surface area contributed by atoms with E-state index in [0.717, 1.165) is 16.5 Å². The monoisotopic (exact) mass is 364 g/mol. The Labute approximate surface area is 156 Å². The van der Waals surface area contributed by atoms with Gasteiger partial charge in [0.25, 0.3) is 17.7 Å². The van der Waals surface area contributed by atoms with Gasteiger partial charge in [-0.1, -0.05) is 35.9 Å². The van der Waals surface area contributed by atoms with Gasteiger partial charge >= 0.3 is 0 Å². The second-order valence-corrected chi connectivity index (χ2v) is 6.23. The van der Waals surface area contributed by atoms with Crippen LogP contribution in [0.25, 0.3) is 10.9 Å². The highest BCUT2D eigenvalue weighted by Crippen LogP contribution is 2.19. The lowest BCUT2D eigenvalue weighted by Gasteiger charge is -2.08. The van der Waals surface area contributed by atoms with Gasteiger partial charge in [0.15, 0.2) is 0 Å². The van der Waals surface area contributed by atoms with Crippen molar-refractivity contribution in [2.75, 3.05) is 6.54 Å². The van der Waals surface area contributed by atoms with E-state index in [1.165, 1.54) is 0 Å². The first-order valence-corrected chi connectivity index (χ1v) is 8.44. The van der Waals surface area contributed by atoms with Crippen molar-refractivity contribution in [1.82, 2.24) is 20.7 Å². The fourth-order valence-corrected chi connectivity index (χ4v) is 2.81. The number of rotatable bonds is 4. The molecule has 0 aliphatic rings. The van der Waals surface area contributed by atoms with Crippen molar-refractivity contribution >= 4 is 28.6 Å². The molecule has 3 N–H and O–H groups in total. The standard InChI is InChI=1S/C20H20N4O3/c1-13-6-5-7-14(10-13)19(26)21-11-18(25)22-23-20(27)16-12-24(2)17-9-4-3-8-15(16)17/h3-10,12H,11H2,1-2H3,(H,21,26)(H,22,25)(H,23,27). The molecule has 3 amide bonds. The van der Waals surface area contributed by atoms with Crippen LogP contribution in [0.1, 0.15) is 26.3 Å². The predicted octanol–water partition coefficient (Wildman–Crippen LogP) is 1.68.